The number of anilines is 1. The molecule has 1 aliphatic rings. The Morgan fingerprint density at radius 2 is 1.90 bits per heavy atom. The van der Waals surface area contributed by atoms with E-state index in [0.29, 0.717) is 36.8 Å². The monoisotopic (exact) mass is 438 g/mol. The molecule has 0 aliphatic carbocycles. The number of carboxylic acids is 1. The Balaban J connectivity index is 1.53. The van der Waals surface area contributed by atoms with E-state index in [1.54, 1.807) is 30.3 Å². The number of halogens is 3. The van der Waals surface area contributed by atoms with Gasteiger partial charge in [0.1, 0.15) is 17.3 Å². The lowest BCUT2D eigenvalue weighted by atomic mass is 9.97. The predicted molar refractivity (Wildman–Crippen MR) is 108 cm³/mol. The Morgan fingerprint density at radius 1 is 1.23 bits per heavy atom. The van der Waals surface area contributed by atoms with Crippen LogP contribution in [-0.4, -0.2) is 40.9 Å². The fraction of sp³-hybridized carbons (Fsp3) is 0.455. The molecule has 1 aromatic heterocycles. The van der Waals surface area contributed by atoms with Crippen LogP contribution < -0.4 is 9.64 Å². The molecule has 0 bridgehead atoms. The molecule has 2 heterocycles. The summed E-state index contributed by atoms with van der Waals surface area (Å²) in [5.74, 6) is -0.932. The highest BCUT2D eigenvalue weighted by Crippen LogP contribution is 2.30. The molecule has 1 aromatic carbocycles. The zero-order chi connectivity index (χ0) is 22.6. The van der Waals surface area contributed by atoms with E-state index < -0.39 is 29.9 Å². The molecule has 1 aliphatic heterocycles. The standard InChI is InChI=1S/C22H25F3N2O4/c1-14(21(29)30)20(28)16-4-2-5-17(12-16)31-13-15-8-10-27(11-9-15)19-7-3-6-18(26-19)22(23,24)25/h2-7,12,14-15,20,28H,8-11,13H2,1H3,(H,29,30)/t14-,20+/m0/s1. The second-order valence-electron chi connectivity index (χ2n) is 7.76. The maximum Gasteiger partial charge on any atom is 0.433 e. The molecule has 0 unspecified atom stereocenters. The van der Waals surface area contributed by atoms with Crippen LogP contribution in [0.1, 0.15) is 37.1 Å². The van der Waals surface area contributed by atoms with E-state index in [-0.39, 0.29) is 5.92 Å². The number of aliphatic hydroxyl groups excluding tert-OH is 1. The highest BCUT2D eigenvalue weighted by Gasteiger charge is 2.33. The lowest BCUT2D eigenvalue weighted by Crippen LogP contribution is -2.36. The van der Waals surface area contributed by atoms with Gasteiger partial charge in [0.25, 0.3) is 0 Å². The Bertz CT molecular complexity index is 898. The van der Waals surface area contributed by atoms with Gasteiger partial charge in [0.15, 0.2) is 0 Å². The van der Waals surface area contributed by atoms with Crippen molar-refractivity contribution in [3.8, 4) is 5.75 Å². The van der Waals surface area contributed by atoms with Crippen LogP contribution in [0.3, 0.4) is 0 Å². The van der Waals surface area contributed by atoms with Crippen molar-refractivity contribution in [1.82, 2.24) is 4.98 Å². The van der Waals surface area contributed by atoms with Crippen LogP contribution in [0.25, 0.3) is 0 Å². The minimum Gasteiger partial charge on any atom is -0.493 e. The number of nitrogens with zero attached hydrogens (tertiary/aromatic N) is 2. The Hall–Kier alpha value is -2.81. The third kappa shape index (κ3) is 5.88. The third-order valence-electron chi connectivity index (χ3n) is 5.51. The Kier molecular flexibility index (Phi) is 7.04. The summed E-state index contributed by atoms with van der Waals surface area (Å²) in [7, 11) is 0. The molecule has 6 nitrogen and oxygen atoms in total. The average molecular weight is 438 g/mol. The van der Waals surface area contributed by atoms with Crippen molar-refractivity contribution in [1.29, 1.82) is 0 Å². The van der Waals surface area contributed by atoms with Gasteiger partial charge in [-0.25, -0.2) is 4.98 Å². The quantitative estimate of drug-likeness (QED) is 0.676. The summed E-state index contributed by atoms with van der Waals surface area (Å²) in [6, 6.07) is 10.6. The molecular weight excluding hydrogens is 413 g/mol. The molecule has 0 spiro atoms. The highest BCUT2D eigenvalue weighted by molar-refractivity contribution is 5.70. The lowest BCUT2D eigenvalue weighted by molar-refractivity contribution is -0.145. The van der Waals surface area contributed by atoms with Crippen molar-refractivity contribution in [2.45, 2.75) is 32.0 Å². The van der Waals surface area contributed by atoms with Gasteiger partial charge in [-0.3, -0.25) is 4.79 Å². The van der Waals surface area contributed by atoms with Gasteiger partial charge in [-0.15, -0.1) is 0 Å². The van der Waals surface area contributed by atoms with Crippen LogP contribution in [-0.2, 0) is 11.0 Å². The first-order valence-electron chi connectivity index (χ1n) is 10.1. The molecule has 0 saturated carbocycles. The highest BCUT2D eigenvalue weighted by atomic mass is 19.4. The van der Waals surface area contributed by atoms with Gasteiger partial charge in [-0.1, -0.05) is 18.2 Å². The van der Waals surface area contributed by atoms with Crippen LogP contribution in [0.2, 0.25) is 0 Å². The summed E-state index contributed by atoms with van der Waals surface area (Å²) < 4.78 is 44.5. The second kappa shape index (κ2) is 9.55. The zero-order valence-corrected chi connectivity index (χ0v) is 17.0. The number of aliphatic hydroxyl groups is 1. The largest absolute Gasteiger partial charge is 0.493 e. The molecule has 3 rings (SSSR count). The minimum absolute atomic E-state index is 0.230. The van der Waals surface area contributed by atoms with E-state index in [1.807, 2.05) is 4.90 Å². The van der Waals surface area contributed by atoms with Gasteiger partial charge in [0, 0.05) is 13.1 Å². The summed E-state index contributed by atoms with van der Waals surface area (Å²) in [6.07, 6.45) is -4.11. The second-order valence-corrected chi connectivity index (χ2v) is 7.76. The maximum atomic E-state index is 12.9. The lowest BCUT2D eigenvalue weighted by Gasteiger charge is -2.33. The number of carbonyl (C=O) groups is 1. The normalized spacial score (nSPS) is 17.3. The number of piperidine rings is 1. The van der Waals surface area contributed by atoms with Crippen molar-refractivity contribution < 1.29 is 32.9 Å². The number of aromatic nitrogens is 1. The van der Waals surface area contributed by atoms with Crippen molar-refractivity contribution >= 4 is 11.8 Å². The van der Waals surface area contributed by atoms with Crippen molar-refractivity contribution in [3.63, 3.8) is 0 Å². The molecule has 2 aromatic rings. The van der Waals surface area contributed by atoms with Crippen LogP contribution in [0.15, 0.2) is 42.5 Å². The molecule has 0 radical (unpaired) electrons. The van der Waals surface area contributed by atoms with Crippen molar-refractivity contribution in [2.75, 3.05) is 24.6 Å². The number of pyridine rings is 1. The van der Waals surface area contributed by atoms with Crippen LogP contribution in [0, 0.1) is 11.8 Å². The first-order valence-corrected chi connectivity index (χ1v) is 10.1. The molecular formula is C22H25F3N2O4. The third-order valence-corrected chi connectivity index (χ3v) is 5.51. The van der Waals surface area contributed by atoms with E-state index in [4.69, 9.17) is 9.84 Å². The van der Waals surface area contributed by atoms with Crippen molar-refractivity contribution in [3.05, 3.63) is 53.7 Å². The number of aliphatic carboxylic acids is 1. The molecule has 0 amide bonds. The number of carboxylic acid groups (broad SMARTS) is 1. The van der Waals surface area contributed by atoms with Gasteiger partial charge in [-0.05, 0) is 55.5 Å². The summed E-state index contributed by atoms with van der Waals surface area (Å²) in [6.45, 7) is 3.03. The van der Waals surface area contributed by atoms with E-state index in [9.17, 15) is 23.1 Å². The fourth-order valence-corrected chi connectivity index (χ4v) is 3.51. The topological polar surface area (TPSA) is 82.9 Å². The Labute approximate surface area is 178 Å². The summed E-state index contributed by atoms with van der Waals surface area (Å²) in [5.41, 5.74) is -0.424. The predicted octanol–water partition coefficient (Wildman–Crippen LogP) is 4.15. The molecule has 31 heavy (non-hydrogen) atoms. The average Bonchev–Trinajstić information content (AvgIpc) is 2.76. The molecule has 2 atom stereocenters. The Morgan fingerprint density at radius 3 is 2.55 bits per heavy atom. The number of alkyl halides is 3. The summed E-state index contributed by atoms with van der Waals surface area (Å²) in [4.78, 5) is 16.7. The molecule has 1 saturated heterocycles. The fourth-order valence-electron chi connectivity index (χ4n) is 3.51. The molecule has 1 fully saturated rings. The molecule has 168 valence electrons. The van der Waals surface area contributed by atoms with E-state index in [2.05, 4.69) is 4.98 Å². The first-order chi connectivity index (χ1) is 14.6. The van der Waals surface area contributed by atoms with Crippen molar-refractivity contribution in [2.24, 2.45) is 11.8 Å². The van der Waals surface area contributed by atoms with Gasteiger partial charge in [-0.2, -0.15) is 13.2 Å². The smallest absolute Gasteiger partial charge is 0.433 e. The van der Waals surface area contributed by atoms with Crippen LogP contribution in [0.5, 0.6) is 5.75 Å². The van der Waals surface area contributed by atoms with Gasteiger partial charge >= 0.3 is 12.1 Å². The van der Waals surface area contributed by atoms with E-state index >= 15 is 0 Å². The van der Waals surface area contributed by atoms with Gasteiger partial charge in [0.05, 0.1) is 18.6 Å². The number of hydrogen-bond donors (Lipinski definition) is 2. The zero-order valence-electron chi connectivity index (χ0n) is 17.0. The van der Waals surface area contributed by atoms with Crippen LogP contribution in [0.4, 0.5) is 19.0 Å². The maximum absolute atomic E-state index is 12.9. The first kappa shape index (κ1) is 22.9. The summed E-state index contributed by atoms with van der Waals surface area (Å²) >= 11 is 0. The van der Waals surface area contributed by atoms with Gasteiger partial charge < -0.3 is 19.8 Å². The number of hydrogen-bond acceptors (Lipinski definition) is 5. The molecule has 2 N–H and O–H groups in total. The SMILES string of the molecule is C[C@H](C(=O)O)[C@@H](O)c1cccc(OCC2CCN(c3cccc(C(F)(F)F)n3)CC2)c1. The summed E-state index contributed by atoms with van der Waals surface area (Å²) in [5, 5.41) is 19.2. The van der Waals surface area contributed by atoms with E-state index in [0.717, 1.165) is 18.9 Å². The number of rotatable bonds is 7. The van der Waals surface area contributed by atoms with Crippen LogP contribution >= 0.6 is 0 Å². The minimum atomic E-state index is -4.47. The number of benzene rings is 1. The molecule has 9 heteroatoms. The number of ether oxygens (including phenoxy) is 1. The van der Waals surface area contributed by atoms with Gasteiger partial charge in [0.2, 0.25) is 0 Å². The van der Waals surface area contributed by atoms with E-state index in [1.165, 1.54) is 13.0 Å².